The number of nitrogens with zero attached hydrogens (tertiary/aromatic N) is 2. The molecule has 3 atom stereocenters. The largest absolute Gasteiger partial charge is 0.413 e. The lowest BCUT2D eigenvalue weighted by Gasteiger charge is -2.45. The highest BCUT2D eigenvalue weighted by Crippen LogP contribution is 2.39. The number of hydrogen-bond acceptors (Lipinski definition) is 5. The monoisotopic (exact) mass is 409 g/mol. The molecule has 158 valence electrons. The molecule has 1 amide bonds. The average Bonchev–Trinajstić information content (AvgIpc) is 2.91. The zero-order valence-corrected chi connectivity index (χ0v) is 19.5. The molecule has 1 aliphatic heterocycles. The first-order valence-electron chi connectivity index (χ1n) is 9.92. The van der Waals surface area contributed by atoms with Crippen molar-refractivity contribution in [2.75, 3.05) is 13.7 Å². The second kappa shape index (κ2) is 8.47. The number of carbonyl (C=O) groups is 2. The van der Waals surface area contributed by atoms with Crippen LogP contribution in [0.1, 0.15) is 50.3 Å². The van der Waals surface area contributed by atoms with E-state index in [0.717, 1.165) is 5.69 Å². The molecule has 1 aromatic rings. The maximum atomic E-state index is 12.7. The van der Waals surface area contributed by atoms with Crippen molar-refractivity contribution in [1.29, 1.82) is 0 Å². The average molecular weight is 410 g/mol. The zero-order valence-electron chi connectivity index (χ0n) is 18.5. The summed E-state index contributed by atoms with van der Waals surface area (Å²) in [5.74, 6) is -0.394. The third kappa shape index (κ3) is 4.90. The molecule has 2 rings (SSSR count). The summed E-state index contributed by atoms with van der Waals surface area (Å²) in [7, 11) is -0.349. The van der Waals surface area contributed by atoms with E-state index in [1.54, 1.807) is 17.9 Å². The highest BCUT2D eigenvalue weighted by Gasteiger charge is 2.48. The quantitative estimate of drug-likeness (QED) is 0.385. The molecule has 1 aliphatic rings. The highest BCUT2D eigenvalue weighted by molar-refractivity contribution is 6.74. The Morgan fingerprint density at radius 2 is 2.04 bits per heavy atom. The number of aryl methyl sites for hydroxylation is 1. The van der Waals surface area contributed by atoms with Crippen LogP contribution in [0.25, 0.3) is 0 Å². The SMILES string of the molecule is COCCn1nc(C(=O)C[C@H]2NC(=O)[C@@H]2[C@@H](C)O[Si](C)(C)C(C)(C)C)cc1C. The van der Waals surface area contributed by atoms with Gasteiger partial charge in [0.25, 0.3) is 0 Å². The van der Waals surface area contributed by atoms with Crippen LogP contribution in [0.3, 0.4) is 0 Å². The molecule has 1 saturated heterocycles. The number of aromatic nitrogens is 2. The Balaban J connectivity index is 2.02. The molecule has 7 nitrogen and oxygen atoms in total. The van der Waals surface area contributed by atoms with Crippen LogP contribution < -0.4 is 5.32 Å². The van der Waals surface area contributed by atoms with E-state index < -0.39 is 8.32 Å². The van der Waals surface area contributed by atoms with Crippen molar-refractivity contribution in [2.45, 2.75) is 77.9 Å². The number of rotatable bonds is 9. The van der Waals surface area contributed by atoms with Gasteiger partial charge >= 0.3 is 0 Å². The van der Waals surface area contributed by atoms with Crippen LogP contribution in [0.4, 0.5) is 0 Å². The topological polar surface area (TPSA) is 82.5 Å². The number of hydrogen-bond donors (Lipinski definition) is 1. The van der Waals surface area contributed by atoms with Gasteiger partial charge in [-0.15, -0.1) is 0 Å². The van der Waals surface area contributed by atoms with Gasteiger partial charge in [0, 0.05) is 19.2 Å². The van der Waals surface area contributed by atoms with Crippen molar-refractivity contribution in [3.05, 3.63) is 17.5 Å². The van der Waals surface area contributed by atoms with Crippen molar-refractivity contribution in [3.8, 4) is 0 Å². The van der Waals surface area contributed by atoms with Gasteiger partial charge in [-0.05, 0) is 38.0 Å². The molecule has 1 aromatic heterocycles. The van der Waals surface area contributed by atoms with E-state index >= 15 is 0 Å². The van der Waals surface area contributed by atoms with Gasteiger partial charge in [-0.25, -0.2) is 0 Å². The lowest BCUT2D eigenvalue weighted by molar-refractivity contribution is -0.139. The lowest BCUT2D eigenvalue weighted by Crippen LogP contribution is -2.64. The number of ether oxygens (including phenoxy) is 1. The number of nitrogens with one attached hydrogen (secondary N) is 1. The number of methoxy groups -OCH3 is 1. The van der Waals surface area contributed by atoms with E-state index in [0.29, 0.717) is 18.8 Å². The molecule has 0 saturated carbocycles. The van der Waals surface area contributed by atoms with E-state index in [-0.39, 0.29) is 41.2 Å². The van der Waals surface area contributed by atoms with Gasteiger partial charge in [-0.2, -0.15) is 5.10 Å². The van der Waals surface area contributed by atoms with Crippen molar-refractivity contribution < 1.29 is 18.8 Å². The summed E-state index contributed by atoms with van der Waals surface area (Å²) in [6.45, 7) is 15.9. The van der Waals surface area contributed by atoms with Gasteiger partial charge in [0.1, 0.15) is 5.69 Å². The second-order valence-corrected chi connectivity index (χ2v) is 14.0. The smallest absolute Gasteiger partial charge is 0.228 e. The molecule has 2 heterocycles. The molecule has 1 fully saturated rings. The van der Waals surface area contributed by atoms with E-state index in [4.69, 9.17) is 9.16 Å². The molecule has 0 unspecified atom stereocenters. The maximum absolute atomic E-state index is 12.7. The summed E-state index contributed by atoms with van der Waals surface area (Å²) in [4.78, 5) is 24.9. The van der Waals surface area contributed by atoms with E-state index in [9.17, 15) is 9.59 Å². The molecule has 0 bridgehead atoms. The van der Waals surface area contributed by atoms with Crippen LogP contribution >= 0.6 is 0 Å². The minimum Gasteiger partial charge on any atom is -0.413 e. The molecule has 0 aromatic carbocycles. The van der Waals surface area contributed by atoms with Crippen LogP contribution in [0, 0.1) is 12.8 Å². The first-order valence-corrected chi connectivity index (χ1v) is 12.8. The van der Waals surface area contributed by atoms with Crippen molar-refractivity contribution in [3.63, 3.8) is 0 Å². The summed E-state index contributed by atoms with van der Waals surface area (Å²) in [5.41, 5.74) is 1.36. The molecule has 8 heteroatoms. The number of amides is 1. The Kier molecular flexibility index (Phi) is 6.89. The summed E-state index contributed by atoms with van der Waals surface area (Å²) in [5, 5.41) is 7.33. The minimum atomic E-state index is -1.99. The molecule has 0 aliphatic carbocycles. The molecular weight excluding hydrogens is 374 g/mol. The Bertz CT molecular complexity index is 724. The van der Waals surface area contributed by atoms with Crippen LogP contribution in [-0.2, 0) is 20.5 Å². The van der Waals surface area contributed by atoms with Crippen molar-refractivity contribution >= 4 is 20.0 Å². The van der Waals surface area contributed by atoms with Gasteiger partial charge < -0.3 is 14.5 Å². The summed E-state index contributed by atoms with van der Waals surface area (Å²) in [6, 6.07) is 1.59. The maximum Gasteiger partial charge on any atom is 0.228 e. The van der Waals surface area contributed by atoms with Crippen molar-refractivity contribution in [1.82, 2.24) is 15.1 Å². The van der Waals surface area contributed by atoms with Gasteiger partial charge in [0.15, 0.2) is 14.1 Å². The minimum absolute atomic E-state index is 0.0363. The molecule has 0 radical (unpaired) electrons. The van der Waals surface area contributed by atoms with Gasteiger partial charge in [-0.1, -0.05) is 20.8 Å². The first-order chi connectivity index (χ1) is 12.9. The fourth-order valence-electron chi connectivity index (χ4n) is 3.24. The van der Waals surface area contributed by atoms with Crippen LogP contribution in [0.5, 0.6) is 0 Å². The zero-order chi connectivity index (χ0) is 21.3. The first kappa shape index (κ1) is 22.8. The number of Topliss-reactive ketones (excluding diaryl/α,β-unsaturated/α-hetero) is 1. The summed E-state index contributed by atoms with van der Waals surface area (Å²) in [6.07, 6.45) is 0.0240. The van der Waals surface area contributed by atoms with Gasteiger partial charge in [-0.3, -0.25) is 14.3 Å². The van der Waals surface area contributed by atoms with Crippen LogP contribution in [0.2, 0.25) is 18.1 Å². The van der Waals surface area contributed by atoms with E-state index in [1.807, 2.05) is 13.8 Å². The Labute approximate surface area is 169 Å². The van der Waals surface area contributed by atoms with Crippen LogP contribution in [-0.4, -0.2) is 55.7 Å². The number of ketones is 1. The van der Waals surface area contributed by atoms with E-state index in [2.05, 4.69) is 44.3 Å². The fourth-order valence-corrected chi connectivity index (χ4v) is 4.67. The molecule has 28 heavy (non-hydrogen) atoms. The predicted molar refractivity (Wildman–Crippen MR) is 111 cm³/mol. The van der Waals surface area contributed by atoms with E-state index in [1.165, 1.54) is 0 Å². The number of β-lactam (4-membered cyclic amide) rings is 1. The van der Waals surface area contributed by atoms with Gasteiger partial charge in [0.2, 0.25) is 5.91 Å². The second-order valence-electron chi connectivity index (χ2n) is 9.24. The standard InChI is InChI=1S/C20H35N3O4Si/c1-13-11-15(22-23(13)9-10-26-6)17(24)12-16-18(19(25)21-16)14(2)27-28(7,8)20(3,4)5/h11,14,16,18H,9-10,12H2,1-8H3,(H,21,25)/t14-,16-,18-/m1/s1. The van der Waals surface area contributed by atoms with Crippen molar-refractivity contribution in [2.24, 2.45) is 5.92 Å². The number of carbonyl (C=O) groups excluding carboxylic acids is 2. The highest BCUT2D eigenvalue weighted by atomic mass is 28.4. The normalized spacial score (nSPS) is 21.2. The fraction of sp³-hybridized carbons (Fsp3) is 0.750. The summed E-state index contributed by atoms with van der Waals surface area (Å²) < 4.78 is 13.2. The molecular formula is C20H35N3O4Si. The predicted octanol–water partition coefficient (Wildman–Crippen LogP) is 2.94. The molecule has 0 spiro atoms. The molecule has 1 N–H and O–H groups in total. The third-order valence-electron chi connectivity index (χ3n) is 6.04. The Morgan fingerprint density at radius 3 is 2.57 bits per heavy atom. The summed E-state index contributed by atoms with van der Waals surface area (Å²) >= 11 is 0. The van der Waals surface area contributed by atoms with Crippen LogP contribution in [0.15, 0.2) is 6.07 Å². The van der Waals surface area contributed by atoms with Gasteiger partial charge in [0.05, 0.1) is 31.2 Å². The Hall–Kier alpha value is -1.51. The lowest BCUT2D eigenvalue weighted by atomic mass is 9.83. The third-order valence-corrected chi connectivity index (χ3v) is 10.6. The Morgan fingerprint density at radius 1 is 1.39 bits per heavy atom.